The SMILES string of the molecule is C1=CC(c2nsc3cc(Nc4n[nH]c5cccnc45)ccc23)=CC1. The van der Waals surface area contributed by atoms with Crippen molar-refractivity contribution in [1.82, 2.24) is 19.6 Å². The number of fused-ring (bicyclic) bond motifs is 2. The lowest BCUT2D eigenvalue weighted by atomic mass is 10.1. The van der Waals surface area contributed by atoms with Gasteiger partial charge in [0.05, 0.1) is 15.9 Å². The van der Waals surface area contributed by atoms with E-state index in [1.807, 2.05) is 12.1 Å². The second kappa shape index (κ2) is 5.28. The van der Waals surface area contributed by atoms with Gasteiger partial charge in [-0.1, -0.05) is 18.2 Å². The lowest BCUT2D eigenvalue weighted by Gasteiger charge is -2.03. The molecule has 6 heteroatoms. The Bertz CT molecular complexity index is 1120. The summed E-state index contributed by atoms with van der Waals surface area (Å²) in [7, 11) is 0. The molecule has 0 amide bonds. The van der Waals surface area contributed by atoms with Gasteiger partial charge in [0.1, 0.15) is 5.52 Å². The summed E-state index contributed by atoms with van der Waals surface area (Å²) in [5, 5.41) is 11.8. The summed E-state index contributed by atoms with van der Waals surface area (Å²) < 4.78 is 5.78. The number of pyridine rings is 1. The third kappa shape index (κ3) is 2.11. The summed E-state index contributed by atoms with van der Waals surface area (Å²) in [5.74, 6) is 0.733. The first-order chi connectivity index (χ1) is 11.9. The minimum Gasteiger partial charge on any atom is -0.337 e. The maximum Gasteiger partial charge on any atom is 0.178 e. The predicted molar refractivity (Wildman–Crippen MR) is 98.5 cm³/mol. The van der Waals surface area contributed by atoms with Crippen molar-refractivity contribution in [1.29, 1.82) is 0 Å². The van der Waals surface area contributed by atoms with Gasteiger partial charge in [-0.05, 0) is 53.9 Å². The third-order valence-electron chi connectivity index (χ3n) is 4.10. The lowest BCUT2D eigenvalue weighted by molar-refractivity contribution is 1.12. The van der Waals surface area contributed by atoms with E-state index in [0.717, 1.165) is 39.4 Å². The number of hydrogen-bond donors (Lipinski definition) is 2. The number of anilines is 2. The summed E-state index contributed by atoms with van der Waals surface area (Å²) >= 11 is 1.52. The minimum atomic E-state index is 0.733. The van der Waals surface area contributed by atoms with E-state index in [1.54, 1.807) is 6.20 Å². The summed E-state index contributed by atoms with van der Waals surface area (Å²) in [6.45, 7) is 0. The normalized spacial score (nSPS) is 13.8. The molecule has 3 aromatic heterocycles. The molecular weight excluding hydrogens is 318 g/mol. The highest BCUT2D eigenvalue weighted by Gasteiger charge is 2.12. The van der Waals surface area contributed by atoms with Crippen LogP contribution in [0.3, 0.4) is 0 Å². The highest BCUT2D eigenvalue weighted by molar-refractivity contribution is 7.13. The Morgan fingerprint density at radius 3 is 3.12 bits per heavy atom. The lowest BCUT2D eigenvalue weighted by Crippen LogP contribution is -1.91. The van der Waals surface area contributed by atoms with Crippen LogP contribution in [-0.4, -0.2) is 19.6 Å². The molecule has 0 fully saturated rings. The summed E-state index contributed by atoms with van der Waals surface area (Å²) in [4.78, 5) is 4.37. The molecule has 5 nitrogen and oxygen atoms in total. The average Bonchev–Trinajstić information content (AvgIpc) is 3.34. The number of benzene rings is 1. The van der Waals surface area contributed by atoms with Crippen molar-refractivity contribution < 1.29 is 0 Å². The van der Waals surface area contributed by atoms with Crippen LogP contribution in [-0.2, 0) is 0 Å². The molecule has 0 saturated heterocycles. The number of nitrogens with zero attached hydrogens (tertiary/aromatic N) is 3. The molecule has 3 heterocycles. The van der Waals surface area contributed by atoms with Gasteiger partial charge in [0.25, 0.3) is 0 Å². The standard InChI is InChI=1S/C18H13N5S/c1-2-5-11(4-1)16-13-8-7-12(10-15(13)24-23-16)20-18-17-14(21-22-18)6-3-9-19-17/h1,3-10H,2H2,(H2,20,21,22). The van der Waals surface area contributed by atoms with Crippen LogP contribution in [0.2, 0.25) is 0 Å². The van der Waals surface area contributed by atoms with Gasteiger partial charge in [0.15, 0.2) is 5.82 Å². The predicted octanol–water partition coefficient (Wildman–Crippen LogP) is 4.65. The van der Waals surface area contributed by atoms with Crippen LogP contribution in [0.4, 0.5) is 11.5 Å². The number of aromatic amines is 1. The smallest absolute Gasteiger partial charge is 0.178 e. The fourth-order valence-corrected chi connectivity index (χ4v) is 3.77. The second-order valence-corrected chi connectivity index (χ2v) is 6.44. The molecule has 116 valence electrons. The van der Waals surface area contributed by atoms with Gasteiger partial charge in [-0.15, -0.1) is 0 Å². The Balaban J connectivity index is 1.53. The summed E-state index contributed by atoms with van der Waals surface area (Å²) in [6, 6.07) is 10.1. The highest BCUT2D eigenvalue weighted by atomic mass is 32.1. The van der Waals surface area contributed by atoms with Crippen LogP contribution in [0.25, 0.3) is 26.7 Å². The largest absolute Gasteiger partial charge is 0.337 e. The topological polar surface area (TPSA) is 66.5 Å². The molecule has 1 aromatic carbocycles. The Kier molecular flexibility index (Phi) is 2.96. The number of aromatic nitrogens is 4. The van der Waals surface area contributed by atoms with E-state index in [9.17, 15) is 0 Å². The first-order valence-corrected chi connectivity index (χ1v) is 8.48. The van der Waals surface area contributed by atoms with Crippen molar-refractivity contribution in [2.75, 3.05) is 5.32 Å². The molecule has 0 bridgehead atoms. The number of rotatable bonds is 3. The summed E-state index contributed by atoms with van der Waals surface area (Å²) in [5.41, 5.74) is 5.02. The number of hydrogen-bond acceptors (Lipinski definition) is 5. The maximum absolute atomic E-state index is 4.63. The van der Waals surface area contributed by atoms with Crippen molar-refractivity contribution in [3.63, 3.8) is 0 Å². The fraction of sp³-hybridized carbons (Fsp3) is 0.0556. The molecule has 4 aromatic rings. The molecule has 0 spiro atoms. The molecule has 1 aliphatic rings. The van der Waals surface area contributed by atoms with E-state index in [2.05, 4.69) is 61.3 Å². The van der Waals surface area contributed by atoms with Gasteiger partial charge in [-0.25, -0.2) is 0 Å². The second-order valence-electron chi connectivity index (χ2n) is 5.64. The zero-order chi connectivity index (χ0) is 15.9. The van der Waals surface area contributed by atoms with E-state index >= 15 is 0 Å². The maximum atomic E-state index is 4.63. The van der Waals surface area contributed by atoms with Crippen molar-refractivity contribution in [3.05, 3.63) is 60.5 Å². The van der Waals surface area contributed by atoms with Crippen molar-refractivity contribution in [2.45, 2.75) is 6.42 Å². The van der Waals surface area contributed by atoms with E-state index in [0.29, 0.717) is 0 Å². The zero-order valence-electron chi connectivity index (χ0n) is 12.7. The van der Waals surface area contributed by atoms with Crippen LogP contribution >= 0.6 is 11.5 Å². The zero-order valence-corrected chi connectivity index (χ0v) is 13.5. The fourth-order valence-electron chi connectivity index (χ4n) is 2.93. The molecule has 0 unspecified atom stereocenters. The highest BCUT2D eigenvalue weighted by Crippen LogP contribution is 2.33. The molecule has 0 saturated carbocycles. The van der Waals surface area contributed by atoms with E-state index in [1.165, 1.54) is 22.5 Å². The first kappa shape index (κ1) is 13.4. The van der Waals surface area contributed by atoms with Gasteiger partial charge >= 0.3 is 0 Å². The molecule has 24 heavy (non-hydrogen) atoms. The van der Waals surface area contributed by atoms with E-state index in [4.69, 9.17) is 0 Å². The van der Waals surface area contributed by atoms with Crippen LogP contribution in [0.1, 0.15) is 12.1 Å². The van der Waals surface area contributed by atoms with Crippen molar-refractivity contribution in [2.24, 2.45) is 0 Å². The van der Waals surface area contributed by atoms with Crippen LogP contribution < -0.4 is 5.32 Å². The van der Waals surface area contributed by atoms with E-state index < -0.39 is 0 Å². The number of allylic oxidation sites excluding steroid dienone is 4. The Morgan fingerprint density at radius 2 is 2.21 bits per heavy atom. The van der Waals surface area contributed by atoms with Crippen LogP contribution in [0, 0.1) is 0 Å². The van der Waals surface area contributed by atoms with Crippen molar-refractivity contribution >= 4 is 49.7 Å². The van der Waals surface area contributed by atoms with Gasteiger partial charge in [0, 0.05) is 17.3 Å². The Morgan fingerprint density at radius 1 is 1.21 bits per heavy atom. The first-order valence-electron chi connectivity index (χ1n) is 7.71. The average molecular weight is 331 g/mol. The van der Waals surface area contributed by atoms with Gasteiger partial charge < -0.3 is 5.32 Å². The van der Waals surface area contributed by atoms with Crippen molar-refractivity contribution in [3.8, 4) is 0 Å². The van der Waals surface area contributed by atoms with Crippen LogP contribution in [0.5, 0.6) is 0 Å². The monoisotopic (exact) mass is 331 g/mol. The number of nitrogens with one attached hydrogen (secondary N) is 2. The minimum absolute atomic E-state index is 0.733. The molecule has 0 atom stereocenters. The van der Waals surface area contributed by atoms with Gasteiger partial charge in [-0.2, -0.15) is 9.47 Å². The van der Waals surface area contributed by atoms with Gasteiger partial charge in [-0.3, -0.25) is 10.1 Å². The molecular formula is C18H13N5S. The number of H-pyrrole nitrogens is 1. The molecule has 5 rings (SSSR count). The molecule has 0 radical (unpaired) electrons. The summed E-state index contributed by atoms with van der Waals surface area (Å²) in [6.07, 6.45) is 9.27. The van der Waals surface area contributed by atoms with Gasteiger partial charge in [0.2, 0.25) is 0 Å². The Labute approximate surface area is 141 Å². The van der Waals surface area contributed by atoms with Crippen LogP contribution in [0.15, 0.2) is 54.8 Å². The van der Waals surface area contributed by atoms with E-state index in [-0.39, 0.29) is 0 Å². The third-order valence-corrected chi connectivity index (χ3v) is 4.91. The molecule has 2 N–H and O–H groups in total. The quantitative estimate of drug-likeness (QED) is 0.573. The molecule has 1 aliphatic carbocycles. The Hall–Kier alpha value is -2.99. The molecule has 0 aliphatic heterocycles.